The number of benzene rings is 1. The van der Waals surface area contributed by atoms with Crippen LogP contribution in [0.2, 0.25) is 0 Å². The Kier molecular flexibility index (Phi) is 5.08. The van der Waals surface area contributed by atoms with Crippen LogP contribution < -0.4 is 5.56 Å². The van der Waals surface area contributed by atoms with Gasteiger partial charge in [0.15, 0.2) is 5.65 Å². The number of aryl methyl sites for hydroxylation is 2. The van der Waals surface area contributed by atoms with E-state index in [0.29, 0.717) is 35.4 Å². The summed E-state index contributed by atoms with van der Waals surface area (Å²) in [6.45, 7) is 4.12. The Morgan fingerprint density at radius 2 is 2.15 bits per heavy atom. The summed E-state index contributed by atoms with van der Waals surface area (Å²) in [7, 11) is 1.63. The number of fused-ring (bicyclic) bond motifs is 1. The van der Waals surface area contributed by atoms with Crippen molar-refractivity contribution < 1.29 is 4.79 Å². The third-order valence-electron chi connectivity index (χ3n) is 4.56. The molecule has 0 radical (unpaired) electrons. The smallest absolute Gasteiger partial charge is 0.276 e. The second-order valence-corrected chi connectivity index (χ2v) is 6.63. The van der Waals surface area contributed by atoms with Gasteiger partial charge in [-0.25, -0.2) is 9.50 Å². The van der Waals surface area contributed by atoms with E-state index < -0.39 is 0 Å². The van der Waals surface area contributed by atoms with Crippen molar-refractivity contribution in [1.82, 2.24) is 19.5 Å². The van der Waals surface area contributed by atoms with Crippen LogP contribution in [0.3, 0.4) is 0 Å². The highest BCUT2D eigenvalue weighted by atomic mass is 16.2. The fourth-order valence-corrected chi connectivity index (χ4v) is 3.07. The number of carbonyl (C=O) groups is 1. The standard InChI is InChI=1S/C20H21N5O2/c1-13-6-4-7-15(10-13)11-16-14(2)23-18-17(12-22-25(18)20(16)27)19(26)24(3)9-5-8-21/h4,6-7,10,12,22H,5,9,11H2,1-3H3. The molecule has 3 aromatic rings. The Labute approximate surface area is 156 Å². The van der Waals surface area contributed by atoms with Gasteiger partial charge in [0, 0.05) is 37.5 Å². The second kappa shape index (κ2) is 7.46. The van der Waals surface area contributed by atoms with Gasteiger partial charge in [0.2, 0.25) is 0 Å². The zero-order valence-electron chi connectivity index (χ0n) is 15.6. The maximum absolute atomic E-state index is 12.9. The van der Waals surface area contributed by atoms with Crippen molar-refractivity contribution in [3.63, 3.8) is 0 Å². The predicted octanol–water partition coefficient (Wildman–Crippen LogP) is 2.22. The minimum atomic E-state index is -0.276. The molecule has 27 heavy (non-hydrogen) atoms. The number of nitrogens with zero attached hydrogens (tertiary/aromatic N) is 4. The maximum Gasteiger partial charge on any atom is 0.276 e. The van der Waals surface area contributed by atoms with Crippen molar-refractivity contribution in [1.29, 1.82) is 5.26 Å². The number of hydrogen-bond donors (Lipinski definition) is 1. The molecular weight excluding hydrogens is 342 g/mol. The molecule has 1 N–H and O–H groups in total. The summed E-state index contributed by atoms with van der Waals surface area (Å²) in [4.78, 5) is 31.5. The number of aromatic amines is 1. The predicted molar refractivity (Wildman–Crippen MR) is 102 cm³/mol. The van der Waals surface area contributed by atoms with E-state index in [9.17, 15) is 9.59 Å². The van der Waals surface area contributed by atoms with Gasteiger partial charge in [-0.3, -0.25) is 14.7 Å². The first-order valence-electron chi connectivity index (χ1n) is 8.70. The number of carbonyl (C=O) groups excluding carboxylic acids is 1. The number of H-pyrrole nitrogens is 1. The summed E-state index contributed by atoms with van der Waals surface area (Å²) in [5, 5.41) is 11.5. The molecule has 0 saturated heterocycles. The average Bonchev–Trinajstić information content (AvgIpc) is 3.06. The molecule has 2 aromatic heterocycles. The Morgan fingerprint density at radius 1 is 1.37 bits per heavy atom. The molecular formula is C20H21N5O2. The van der Waals surface area contributed by atoms with Crippen LogP contribution in [0.15, 0.2) is 35.3 Å². The van der Waals surface area contributed by atoms with E-state index >= 15 is 0 Å². The lowest BCUT2D eigenvalue weighted by atomic mass is 10.0. The largest absolute Gasteiger partial charge is 0.341 e. The summed E-state index contributed by atoms with van der Waals surface area (Å²) in [6, 6.07) is 10.0. The lowest BCUT2D eigenvalue weighted by Gasteiger charge is -2.14. The quantitative estimate of drug-likeness (QED) is 0.752. The van der Waals surface area contributed by atoms with Crippen LogP contribution in [-0.2, 0) is 6.42 Å². The molecule has 7 nitrogen and oxygen atoms in total. The zero-order valence-corrected chi connectivity index (χ0v) is 15.6. The molecule has 2 heterocycles. The molecule has 0 unspecified atom stereocenters. The second-order valence-electron chi connectivity index (χ2n) is 6.63. The van der Waals surface area contributed by atoms with Crippen molar-refractivity contribution in [3.8, 4) is 6.07 Å². The average molecular weight is 363 g/mol. The third kappa shape index (κ3) is 3.60. The number of nitrogens with one attached hydrogen (secondary N) is 1. The van der Waals surface area contributed by atoms with E-state index in [2.05, 4.69) is 10.1 Å². The number of rotatable bonds is 5. The van der Waals surface area contributed by atoms with E-state index in [1.807, 2.05) is 37.3 Å². The van der Waals surface area contributed by atoms with Gasteiger partial charge in [-0.2, -0.15) is 5.26 Å². The van der Waals surface area contributed by atoms with Crippen molar-refractivity contribution >= 4 is 11.6 Å². The molecule has 0 saturated carbocycles. The van der Waals surface area contributed by atoms with Gasteiger partial charge in [0.05, 0.1) is 12.5 Å². The highest BCUT2D eigenvalue weighted by Gasteiger charge is 2.20. The van der Waals surface area contributed by atoms with Crippen LogP contribution >= 0.6 is 0 Å². The molecule has 0 aliphatic carbocycles. The van der Waals surface area contributed by atoms with E-state index in [1.54, 1.807) is 14.0 Å². The summed E-state index contributed by atoms with van der Waals surface area (Å²) >= 11 is 0. The van der Waals surface area contributed by atoms with Gasteiger partial charge in [0.1, 0.15) is 5.56 Å². The van der Waals surface area contributed by atoms with Gasteiger partial charge in [0.25, 0.3) is 11.5 Å². The van der Waals surface area contributed by atoms with E-state index in [0.717, 1.165) is 11.1 Å². The van der Waals surface area contributed by atoms with Crippen molar-refractivity contribution in [2.24, 2.45) is 0 Å². The van der Waals surface area contributed by atoms with Gasteiger partial charge in [-0.15, -0.1) is 0 Å². The van der Waals surface area contributed by atoms with Crippen molar-refractivity contribution in [3.05, 3.63) is 68.8 Å². The van der Waals surface area contributed by atoms with Crippen LogP contribution in [-0.4, -0.2) is 39.0 Å². The molecule has 0 aliphatic heterocycles. The SMILES string of the molecule is Cc1cccc(Cc2c(C)nc3c(C(=O)N(C)CCC#N)c[nH]n3c2=O)c1. The van der Waals surface area contributed by atoms with E-state index in [4.69, 9.17) is 5.26 Å². The third-order valence-corrected chi connectivity index (χ3v) is 4.56. The van der Waals surface area contributed by atoms with E-state index in [1.165, 1.54) is 15.6 Å². The maximum atomic E-state index is 12.9. The van der Waals surface area contributed by atoms with Crippen LogP contribution in [0.4, 0.5) is 0 Å². The number of amides is 1. The fraction of sp³-hybridized carbons (Fsp3) is 0.300. The topological polar surface area (TPSA) is 94.3 Å². The number of aromatic nitrogens is 3. The van der Waals surface area contributed by atoms with Crippen LogP contribution in [0.1, 0.15) is 39.2 Å². The molecule has 138 valence electrons. The molecule has 0 atom stereocenters. The zero-order chi connectivity index (χ0) is 19.6. The summed E-state index contributed by atoms with van der Waals surface area (Å²) in [6.07, 6.45) is 2.22. The molecule has 3 rings (SSSR count). The highest BCUT2D eigenvalue weighted by Crippen LogP contribution is 2.15. The minimum absolute atomic E-state index is 0.210. The summed E-state index contributed by atoms with van der Waals surface area (Å²) < 4.78 is 1.31. The summed E-state index contributed by atoms with van der Waals surface area (Å²) in [5.41, 5.74) is 3.78. The minimum Gasteiger partial charge on any atom is -0.341 e. The first-order chi connectivity index (χ1) is 12.9. The summed E-state index contributed by atoms with van der Waals surface area (Å²) in [5.74, 6) is -0.276. The number of nitriles is 1. The molecule has 1 amide bonds. The molecule has 0 aliphatic rings. The fourth-order valence-electron chi connectivity index (χ4n) is 3.07. The lowest BCUT2D eigenvalue weighted by molar-refractivity contribution is 0.0799. The lowest BCUT2D eigenvalue weighted by Crippen LogP contribution is -2.28. The first-order valence-corrected chi connectivity index (χ1v) is 8.70. The Balaban J connectivity index is 2.01. The molecule has 1 aromatic carbocycles. The molecule has 0 bridgehead atoms. The normalized spacial score (nSPS) is 10.7. The highest BCUT2D eigenvalue weighted by molar-refractivity contribution is 5.99. The Morgan fingerprint density at radius 3 is 2.85 bits per heavy atom. The molecule has 7 heteroatoms. The first kappa shape index (κ1) is 18.4. The van der Waals surface area contributed by atoms with E-state index in [-0.39, 0.29) is 17.9 Å². The van der Waals surface area contributed by atoms with Crippen molar-refractivity contribution in [2.45, 2.75) is 26.7 Å². The number of hydrogen-bond acceptors (Lipinski definition) is 4. The van der Waals surface area contributed by atoms with Gasteiger partial charge >= 0.3 is 0 Å². The molecule has 0 fully saturated rings. The monoisotopic (exact) mass is 363 g/mol. The van der Waals surface area contributed by atoms with Crippen LogP contribution in [0, 0.1) is 25.2 Å². The Hall–Kier alpha value is -3.40. The Bertz CT molecular complexity index is 1100. The van der Waals surface area contributed by atoms with Gasteiger partial charge in [-0.05, 0) is 19.4 Å². The molecule has 0 spiro atoms. The van der Waals surface area contributed by atoms with Gasteiger partial charge < -0.3 is 4.90 Å². The van der Waals surface area contributed by atoms with Crippen LogP contribution in [0.25, 0.3) is 5.65 Å². The van der Waals surface area contributed by atoms with Gasteiger partial charge in [-0.1, -0.05) is 29.8 Å². The van der Waals surface area contributed by atoms with Crippen molar-refractivity contribution in [2.75, 3.05) is 13.6 Å². The van der Waals surface area contributed by atoms with Crippen LogP contribution in [0.5, 0.6) is 0 Å².